The molecule has 2 heterocycles. The fourth-order valence-electron chi connectivity index (χ4n) is 1.19. The van der Waals surface area contributed by atoms with Crippen LogP contribution in [0.15, 0.2) is 16.7 Å². The van der Waals surface area contributed by atoms with Gasteiger partial charge in [-0.2, -0.15) is 5.10 Å². The molecule has 0 atom stereocenters. The minimum atomic E-state index is 0.475. The van der Waals surface area contributed by atoms with Gasteiger partial charge in [0.25, 0.3) is 0 Å². The summed E-state index contributed by atoms with van der Waals surface area (Å²) in [6, 6.07) is 1.92. The lowest BCUT2D eigenvalue weighted by Crippen LogP contribution is -1.97. The highest BCUT2D eigenvalue weighted by Gasteiger charge is 2.06. The van der Waals surface area contributed by atoms with Crippen LogP contribution in [0.4, 0.5) is 0 Å². The first-order chi connectivity index (χ1) is 6.22. The van der Waals surface area contributed by atoms with Crippen LogP contribution in [-0.2, 0) is 6.54 Å². The number of pyridine rings is 1. The van der Waals surface area contributed by atoms with Crippen LogP contribution >= 0.6 is 27.5 Å². The second-order valence-electron chi connectivity index (χ2n) is 2.63. The third-order valence-corrected chi connectivity index (χ3v) is 2.94. The molecule has 13 heavy (non-hydrogen) atoms. The zero-order chi connectivity index (χ0) is 9.42. The molecule has 0 saturated carbocycles. The molecule has 2 aromatic rings. The largest absolute Gasteiger partial charge is 0.248 e. The predicted octanol–water partition coefficient (Wildman–Crippen LogP) is 2.87. The average Bonchev–Trinajstić information content (AvgIpc) is 2.48. The predicted molar refractivity (Wildman–Crippen MR) is 55.9 cm³/mol. The Morgan fingerprint density at radius 2 is 2.38 bits per heavy atom. The molecule has 0 radical (unpaired) electrons. The monoisotopic (exact) mass is 259 g/mol. The van der Waals surface area contributed by atoms with Gasteiger partial charge in [-0.3, -0.25) is 0 Å². The van der Waals surface area contributed by atoms with Crippen LogP contribution in [0.25, 0.3) is 11.0 Å². The standard InChI is InChI=1S/C8H7BrClN3/c1-2-13-8-5(4-11-13)3-6(9)7(10)12-8/h3-4H,2H2,1H3. The van der Waals surface area contributed by atoms with Crippen molar-refractivity contribution < 1.29 is 0 Å². The molecule has 0 aliphatic heterocycles. The van der Waals surface area contributed by atoms with Crippen LogP contribution in [-0.4, -0.2) is 14.8 Å². The average molecular weight is 261 g/mol. The summed E-state index contributed by atoms with van der Waals surface area (Å²) in [5.41, 5.74) is 0.829. The third kappa shape index (κ3) is 1.44. The molecule has 0 amide bonds. The highest BCUT2D eigenvalue weighted by molar-refractivity contribution is 9.10. The van der Waals surface area contributed by atoms with Gasteiger partial charge in [0.1, 0.15) is 5.15 Å². The fraction of sp³-hybridized carbons (Fsp3) is 0.250. The number of hydrogen-bond donors (Lipinski definition) is 0. The van der Waals surface area contributed by atoms with Crippen molar-refractivity contribution in [3.05, 3.63) is 21.9 Å². The van der Waals surface area contributed by atoms with Crippen molar-refractivity contribution in [3.8, 4) is 0 Å². The van der Waals surface area contributed by atoms with Gasteiger partial charge in [-0.05, 0) is 28.9 Å². The van der Waals surface area contributed by atoms with Crippen LogP contribution in [0, 0.1) is 0 Å². The number of aryl methyl sites for hydroxylation is 1. The number of rotatable bonds is 1. The summed E-state index contributed by atoms with van der Waals surface area (Å²) in [7, 11) is 0. The lowest BCUT2D eigenvalue weighted by molar-refractivity contribution is 0.677. The van der Waals surface area contributed by atoms with E-state index in [4.69, 9.17) is 11.6 Å². The first-order valence-electron chi connectivity index (χ1n) is 3.90. The van der Waals surface area contributed by atoms with E-state index >= 15 is 0 Å². The zero-order valence-corrected chi connectivity index (χ0v) is 9.30. The summed E-state index contributed by atoms with van der Waals surface area (Å²) >= 11 is 9.19. The molecular weight excluding hydrogens is 253 g/mol. The van der Waals surface area contributed by atoms with Crippen molar-refractivity contribution in [1.82, 2.24) is 14.8 Å². The zero-order valence-electron chi connectivity index (χ0n) is 6.96. The van der Waals surface area contributed by atoms with E-state index in [2.05, 4.69) is 26.0 Å². The van der Waals surface area contributed by atoms with Crippen LogP contribution < -0.4 is 0 Å². The molecule has 0 N–H and O–H groups in total. The van der Waals surface area contributed by atoms with Crippen molar-refractivity contribution in [2.45, 2.75) is 13.5 Å². The van der Waals surface area contributed by atoms with Gasteiger partial charge in [-0.15, -0.1) is 0 Å². The molecule has 0 aliphatic rings. The van der Waals surface area contributed by atoms with E-state index < -0.39 is 0 Å². The summed E-state index contributed by atoms with van der Waals surface area (Å²) in [5, 5.41) is 5.64. The summed E-state index contributed by atoms with van der Waals surface area (Å²) in [6.07, 6.45) is 1.78. The molecule has 0 saturated heterocycles. The number of fused-ring (bicyclic) bond motifs is 1. The molecule has 2 aromatic heterocycles. The van der Waals surface area contributed by atoms with Crippen LogP contribution in [0.2, 0.25) is 5.15 Å². The number of hydrogen-bond acceptors (Lipinski definition) is 2. The lowest BCUT2D eigenvalue weighted by Gasteiger charge is -1.98. The smallest absolute Gasteiger partial charge is 0.159 e. The number of nitrogens with zero attached hydrogens (tertiary/aromatic N) is 3. The minimum absolute atomic E-state index is 0.475. The maximum absolute atomic E-state index is 5.87. The molecule has 0 bridgehead atoms. The van der Waals surface area contributed by atoms with Crippen molar-refractivity contribution in [2.24, 2.45) is 0 Å². The summed E-state index contributed by atoms with van der Waals surface area (Å²) in [6.45, 7) is 2.82. The van der Waals surface area contributed by atoms with Crippen LogP contribution in [0.3, 0.4) is 0 Å². The van der Waals surface area contributed by atoms with Crippen molar-refractivity contribution in [3.63, 3.8) is 0 Å². The molecule has 68 valence electrons. The molecule has 5 heteroatoms. The maximum atomic E-state index is 5.87. The van der Waals surface area contributed by atoms with Gasteiger partial charge in [-0.1, -0.05) is 11.6 Å². The molecule has 2 rings (SSSR count). The number of aromatic nitrogens is 3. The van der Waals surface area contributed by atoms with Gasteiger partial charge in [-0.25, -0.2) is 9.67 Å². The van der Waals surface area contributed by atoms with Gasteiger partial charge in [0, 0.05) is 11.9 Å². The van der Waals surface area contributed by atoms with E-state index in [1.54, 1.807) is 6.20 Å². The van der Waals surface area contributed by atoms with Gasteiger partial charge in [0.2, 0.25) is 0 Å². The molecule has 0 aliphatic carbocycles. The van der Waals surface area contributed by atoms with Crippen LogP contribution in [0.1, 0.15) is 6.92 Å². The summed E-state index contributed by atoms with van der Waals surface area (Å²) in [4.78, 5) is 4.22. The minimum Gasteiger partial charge on any atom is -0.248 e. The van der Waals surface area contributed by atoms with Gasteiger partial charge in [0.15, 0.2) is 5.65 Å². The summed E-state index contributed by atoms with van der Waals surface area (Å²) < 4.78 is 2.62. The van der Waals surface area contributed by atoms with E-state index in [-0.39, 0.29) is 0 Å². The fourth-order valence-corrected chi connectivity index (χ4v) is 1.66. The highest BCUT2D eigenvalue weighted by Crippen LogP contribution is 2.24. The Morgan fingerprint density at radius 3 is 3.08 bits per heavy atom. The van der Waals surface area contributed by atoms with Gasteiger partial charge >= 0.3 is 0 Å². The normalized spacial score (nSPS) is 11.0. The van der Waals surface area contributed by atoms with E-state index in [0.29, 0.717) is 5.15 Å². The Labute approximate surface area is 88.8 Å². The molecule has 3 nitrogen and oxygen atoms in total. The Bertz CT molecular complexity index is 452. The molecule has 0 spiro atoms. The van der Waals surface area contributed by atoms with Crippen molar-refractivity contribution in [2.75, 3.05) is 0 Å². The van der Waals surface area contributed by atoms with E-state index in [1.165, 1.54) is 0 Å². The Hall–Kier alpha value is -0.610. The van der Waals surface area contributed by atoms with Gasteiger partial charge in [0.05, 0.1) is 10.7 Å². The van der Waals surface area contributed by atoms with E-state index in [0.717, 1.165) is 22.1 Å². The van der Waals surface area contributed by atoms with Crippen molar-refractivity contribution >= 4 is 38.6 Å². The van der Waals surface area contributed by atoms with E-state index in [1.807, 2.05) is 17.7 Å². The quantitative estimate of drug-likeness (QED) is 0.738. The number of halogens is 2. The molecular formula is C8H7BrClN3. The SMILES string of the molecule is CCn1ncc2cc(Br)c(Cl)nc21. The Morgan fingerprint density at radius 1 is 1.62 bits per heavy atom. The van der Waals surface area contributed by atoms with Gasteiger partial charge < -0.3 is 0 Å². The van der Waals surface area contributed by atoms with E-state index in [9.17, 15) is 0 Å². The maximum Gasteiger partial charge on any atom is 0.159 e. The molecule has 0 aromatic carbocycles. The second kappa shape index (κ2) is 3.27. The Kier molecular flexibility index (Phi) is 2.26. The molecule has 0 fully saturated rings. The topological polar surface area (TPSA) is 30.7 Å². The second-order valence-corrected chi connectivity index (χ2v) is 3.85. The first kappa shape index (κ1) is 8.97. The van der Waals surface area contributed by atoms with Crippen LogP contribution in [0.5, 0.6) is 0 Å². The molecule has 0 unspecified atom stereocenters. The third-order valence-electron chi connectivity index (χ3n) is 1.82. The summed E-state index contributed by atoms with van der Waals surface area (Å²) in [5.74, 6) is 0. The Balaban J connectivity index is 2.77. The van der Waals surface area contributed by atoms with Crippen molar-refractivity contribution in [1.29, 1.82) is 0 Å². The first-order valence-corrected chi connectivity index (χ1v) is 5.07. The highest BCUT2D eigenvalue weighted by atomic mass is 79.9. The lowest BCUT2D eigenvalue weighted by atomic mass is 10.4.